The summed E-state index contributed by atoms with van der Waals surface area (Å²) in [5, 5.41) is 5.63. The summed E-state index contributed by atoms with van der Waals surface area (Å²) in [5.41, 5.74) is 6.61. The molecule has 1 aromatic carbocycles. The number of hydrogen-bond donors (Lipinski definition) is 3. The van der Waals surface area contributed by atoms with Gasteiger partial charge in [0.05, 0.1) is 17.3 Å². The number of nitrogens with zero attached hydrogens (tertiary/aromatic N) is 1. The van der Waals surface area contributed by atoms with Crippen LogP contribution in [0.25, 0.3) is 0 Å². The lowest BCUT2D eigenvalue weighted by Crippen LogP contribution is -2.22. The summed E-state index contributed by atoms with van der Waals surface area (Å²) in [7, 11) is 0. The van der Waals surface area contributed by atoms with Crippen LogP contribution in [0.15, 0.2) is 42.7 Å². The molecule has 2 rings (SSSR count). The lowest BCUT2D eigenvalue weighted by atomic mass is 10.2. The Kier molecular flexibility index (Phi) is 4.86. The zero-order chi connectivity index (χ0) is 15.2. The zero-order valence-corrected chi connectivity index (χ0v) is 11.7. The Morgan fingerprint density at radius 3 is 2.52 bits per heavy atom. The topological polar surface area (TPSA) is 97.1 Å². The van der Waals surface area contributed by atoms with Crippen molar-refractivity contribution in [2.75, 3.05) is 17.2 Å². The van der Waals surface area contributed by atoms with E-state index in [1.165, 1.54) is 12.4 Å². The maximum absolute atomic E-state index is 12.0. The Morgan fingerprint density at radius 2 is 1.86 bits per heavy atom. The summed E-state index contributed by atoms with van der Waals surface area (Å²) in [4.78, 5) is 27.2. The average molecular weight is 305 g/mol. The van der Waals surface area contributed by atoms with Crippen molar-refractivity contribution < 1.29 is 9.59 Å². The van der Waals surface area contributed by atoms with Crippen LogP contribution >= 0.6 is 11.6 Å². The fourth-order valence-electron chi connectivity index (χ4n) is 1.61. The second kappa shape index (κ2) is 6.83. The minimum Gasteiger partial charge on any atom is -0.324 e. The van der Waals surface area contributed by atoms with E-state index >= 15 is 0 Å². The van der Waals surface area contributed by atoms with Gasteiger partial charge in [-0.05, 0) is 30.3 Å². The molecular weight excluding hydrogens is 292 g/mol. The first-order valence-electron chi connectivity index (χ1n) is 6.11. The van der Waals surface area contributed by atoms with Gasteiger partial charge in [-0.1, -0.05) is 11.6 Å². The number of hydrogen-bond acceptors (Lipinski definition) is 4. The second-order valence-electron chi connectivity index (χ2n) is 4.14. The Hall–Kier alpha value is -2.44. The van der Waals surface area contributed by atoms with Crippen LogP contribution in [0.5, 0.6) is 0 Å². The van der Waals surface area contributed by atoms with Gasteiger partial charge in [0, 0.05) is 23.6 Å². The molecule has 2 aromatic rings. The van der Waals surface area contributed by atoms with Crippen molar-refractivity contribution in [2.45, 2.75) is 0 Å². The number of halogens is 1. The van der Waals surface area contributed by atoms with Crippen LogP contribution in [-0.2, 0) is 4.79 Å². The van der Waals surface area contributed by atoms with Gasteiger partial charge in [-0.25, -0.2) is 0 Å². The number of anilines is 2. The molecular formula is C14H13ClN4O2. The van der Waals surface area contributed by atoms with Crippen molar-refractivity contribution in [3.8, 4) is 0 Å². The van der Waals surface area contributed by atoms with Gasteiger partial charge in [0.25, 0.3) is 5.91 Å². The maximum Gasteiger partial charge on any atom is 0.255 e. The maximum atomic E-state index is 12.0. The smallest absolute Gasteiger partial charge is 0.255 e. The van der Waals surface area contributed by atoms with Gasteiger partial charge in [-0.15, -0.1) is 0 Å². The average Bonchev–Trinajstić information content (AvgIpc) is 2.51. The van der Waals surface area contributed by atoms with Gasteiger partial charge in [0.15, 0.2) is 0 Å². The van der Waals surface area contributed by atoms with Crippen molar-refractivity contribution in [3.05, 3.63) is 53.3 Å². The zero-order valence-electron chi connectivity index (χ0n) is 11.0. The molecule has 6 nitrogen and oxygen atoms in total. The highest BCUT2D eigenvalue weighted by atomic mass is 35.5. The van der Waals surface area contributed by atoms with E-state index < -0.39 is 0 Å². The molecule has 21 heavy (non-hydrogen) atoms. The molecule has 0 aliphatic rings. The highest BCUT2D eigenvalue weighted by molar-refractivity contribution is 6.33. The number of aromatic nitrogens is 1. The van der Waals surface area contributed by atoms with E-state index in [4.69, 9.17) is 17.3 Å². The van der Waals surface area contributed by atoms with Crippen LogP contribution in [-0.4, -0.2) is 23.3 Å². The van der Waals surface area contributed by atoms with E-state index in [0.717, 1.165) is 0 Å². The fourth-order valence-corrected chi connectivity index (χ4v) is 1.77. The third kappa shape index (κ3) is 4.01. The summed E-state index contributed by atoms with van der Waals surface area (Å²) in [5.74, 6) is -0.648. The van der Waals surface area contributed by atoms with E-state index in [9.17, 15) is 9.59 Å². The Morgan fingerprint density at radius 1 is 1.14 bits per heavy atom. The predicted molar refractivity (Wildman–Crippen MR) is 81.3 cm³/mol. The van der Waals surface area contributed by atoms with Gasteiger partial charge in [0.1, 0.15) is 0 Å². The molecule has 0 atom stereocenters. The molecule has 4 N–H and O–H groups in total. The molecule has 0 radical (unpaired) electrons. The van der Waals surface area contributed by atoms with Crippen LogP contribution in [0.4, 0.5) is 11.4 Å². The molecule has 2 amide bonds. The molecule has 1 aromatic heterocycles. The number of amides is 2. The molecule has 0 aliphatic carbocycles. The molecule has 0 saturated heterocycles. The molecule has 0 fully saturated rings. The quantitative estimate of drug-likeness (QED) is 0.803. The largest absolute Gasteiger partial charge is 0.324 e. The van der Waals surface area contributed by atoms with Crippen molar-refractivity contribution in [3.63, 3.8) is 0 Å². The first kappa shape index (κ1) is 15.0. The minimum atomic E-state index is -0.366. The Labute approximate surface area is 126 Å². The van der Waals surface area contributed by atoms with E-state index in [-0.39, 0.29) is 18.4 Å². The van der Waals surface area contributed by atoms with E-state index in [2.05, 4.69) is 15.6 Å². The number of carbonyl (C=O) groups is 2. The number of rotatable bonds is 4. The van der Waals surface area contributed by atoms with Crippen LogP contribution < -0.4 is 16.4 Å². The highest BCUT2D eigenvalue weighted by Gasteiger charge is 2.09. The SMILES string of the molecule is NCC(=O)Nc1cc(NC(=O)c2ccncc2)ccc1Cl. The molecule has 0 saturated carbocycles. The lowest BCUT2D eigenvalue weighted by Gasteiger charge is -2.10. The van der Waals surface area contributed by atoms with E-state index in [1.54, 1.807) is 30.3 Å². The number of benzene rings is 1. The highest BCUT2D eigenvalue weighted by Crippen LogP contribution is 2.25. The van der Waals surface area contributed by atoms with Crippen LogP contribution in [0, 0.1) is 0 Å². The predicted octanol–water partition coefficient (Wildman–Crippen LogP) is 1.88. The summed E-state index contributed by atoms with van der Waals surface area (Å²) >= 11 is 5.97. The van der Waals surface area contributed by atoms with Gasteiger partial charge in [-0.3, -0.25) is 14.6 Å². The molecule has 0 aliphatic heterocycles. The van der Waals surface area contributed by atoms with Crippen molar-refractivity contribution in [1.82, 2.24) is 4.98 Å². The Balaban J connectivity index is 2.16. The number of pyridine rings is 1. The third-order valence-corrected chi connectivity index (χ3v) is 2.96. The third-order valence-electron chi connectivity index (χ3n) is 2.63. The van der Waals surface area contributed by atoms with Gasteiger partial charge >= 0.3 is 0 Å². The first-order chi connectivity index (χ1) is 10.1. The van der Waals surface area contributed by atoms with E-state index in [1.807, 2.05) is 0 Å². The minimum absolute atomic E-state index is 0.149. The van der Waals surface area contributed by atoms with Gasteiger partial charge < -0.3 is 16.4 Å². The number of carbonyl (C=O) groups excluding carboxylic acids is 2. The second-order valence-corrected chi connectivity index (χ2v) is 4.54. The van der Waals surface area contributed by atoms with Gasteiger partial charge in [-0.2, -0.15) is 0 Å². The molecule has 1 heterocycles. The first-order valence-corrected chi connectivity index (χ1v) is 6.49. The summed E-state index contributed by atoms with van der Waals surface area (Å²) < 4.78 is 0. The van der Waals surface area contributed by atoms with Crippen molar-refractivity contribution >= 4 is 34.8 Å². The number of nitrogens with one attached hydrogen (secondary N) is 2. The molecule has 7 heteroatoms. The normalized spacial score (nSPS) is 10.0. The van der Waals surface area contributed by atoms with Crippen LogP contribution in [0.3, 0.4) is 0 Å². The molecule has 0 unspecified atom stereocenters. The molecule has 0 bridgehead atoms. The van der Waals surface area contributed by atoms with Crippen molar-refractivity contribution in [1.29, 1.82) is 0 Å². The monoisotopic (exact) mass is 304 g/mol. The Bertz CT molecular complexity index is 661. The molecule has 108 valence electrons. The molecule has 0 spiro atoms. The van der Waals surface area contributed by atoms with Gasteiger partial charge in [0.2, 0.25) is 5.91 Å². The summed E-state index contributed by atoms with van der Waals surface area (Å²) in [6.45, 7) is -0.149. The number of nitrogens with two attached hydrogens (primary N) is 1. The van der Waals surface area contributed by atoms with Crippen molar-refractivity contribution in [2.24, 2.45) is 5.73 Å². The van der Waals surface area contributed by atoms with Crippen LogP contribution in [0.2, 0.25) is 5.02 Å². The fraction of sp³-hybridized carbons (Fsp3) is 0.0714. The lowest BCUT2D eigenvalue weighted by molar-refractivity contribution is -0.114. The standard InChI is InChI=1S/C14H13ClN4O2/c15-11-2-1-10(7-12(11)19-13(20)8-16)18-14(21)9-3-5-17-6-4-9/h1-7H,8,16H2,(H,18,21)(H,19,20). The van der Waals surface area contributed by atoms with Crippen LogP contribution in [0.1, 0.15) is 10.4 Å². The van der Waals surface area contributed by atoms with E-state index in [0.29, 0.717) is 22.0 Å². The summed E-state index contributed by atoms with van der Waals surface area (Å²) in [6, 6.07) is 7.98. The summed E-state index contributed by atoms with van der Waals surface area (Å²) in [6.07, 6.45) is 3.06.